The van der Waals surface area contributed by atoms with Crippen molar-refractivity contribution in [2.45, 2.75) is 24.9 Å². The molecule has 2 aromatic rings. The number of nitrogens with zero attached hydrogens (tertiary/aromatic N) is 3. The zero-order valence-electron chi connectivity index (χ0n) is 11.2. The molecule has 126 valence electrons. The largest absolute Gasteiger partial charge is 0.426 e. The van der Waals surface area contributed by atoms with Crippen molar-refractivity contribution in [2.24, 2.45) is 0 Å². The summed E-state index contributed by atoms with van der Waals surface area (Å²) < 4.78 is 80.1. The van der Waals surface area contributed by atoms with E-state index in [2.05, 4.69) is 19.6 Å². The number of nitrogens with two attached hydrogens (primary N) is 1. The van der Waals surface area contributed by atoms with Crippen LogP contribution >= 0.6 is 0 Å². The monoisotopic (exact) mass is 342 g/mol. The van der Waals surface area contributed by atoms with Crippen molar-refractivity contribution in [3.8, 4) is 11.6 Å². The molecule has 23 heavy (non-hydrogen) atoms. The summed E-state index contributed by atoms with van der Waals surface area (Å²) in [4.78, 5) is 3.37. The van der Waals surface area contributed by atoms with Gasteiger partial charge in [-0.05, 0) is 13.0 Å². The molecule has 2 heterocycles. The van der Waals surface area contributed by atoms with Crippen LogP contribution in [0.4, 0.5) is 32.0 Å². The number of pyridine rings is 1. The first-order valence-corrected chi connectivity index (χ1v) is 5.80. The molecule has 0 aliphatic heterocycles. The van der Waals surface area contributed by atoms with Crippen LogP contribution in [0.25, 0.3) is 11.6 Å². The predicted octanol–water partition coefficient (Wildman–Crippen LogP) is 2.50. The summed E-state index contributed by atoms with van der Waals surface area (Å²) in [5, 5.41) is 15.6. The summed E-state index contributed by atoms with van der Waals surface area (Å²) in [5.74, 6) is -1.85. The molecule has 0 aliphatic rings. The Kier molecular flexibility index (Phi) is 3.75. The van der Waals surface area contributed by atoms with Crippen LogP contribution in [0.15, 0.2) is 16.7 Å². The van der Waals surface area contributed by atoms with Gasteiger partial charge in [-0.3, -0.25) is 0 Å². The average molecular weight is 342 g/mol. The van der Waals surface area contributed by atoms with E-state index in [1.165, 1.54) is 0 Å². The third kappa shape index (κ3) is 3.06. The molecular weight excluding hydrogens is 334 g/mol. The fourth-order valence-electron chi connectivity index (χ4n) is 1.45. The van der Waals surface area contributed by atoms with Gasteiger partial charge in [0.05, 0.1) is 11.3 Å². The summed E-state index contributed by atoms with van der Waals surface area (Å²) in [7, 11) is 0. The van der Waals surface area contributed by atoms with E-state index in [1.54, 1.807) is 0 Å². The van der Waals surface area contributed by atoms with E-state index in [-0.39, 0.29) is 0 Å². The molecule has 6 nitrogen and oxygen atoms in total. The van der Waals surface area contributed by atoms with Crippen LogP contribution in [0.2, 0.25) is 0 Å². The van der Waals surface area contributed by atoms with Crippen molar-refractivity contribution in [1.82, 2.24) is 15.2 Å². The van der Waals surface area contributed by atoms with Crippen LogP contribution in [-0.2, 0) is 11.8 Å². The van der Waals surface area contributed by atoms with Crippen LogP contribution in [-0.4, -0.2) is 26.5 Å². The summed E-state index contributed by atoms with van der Waals surface area (Å²) in [5.41, 5.74) is -0.166. The zero-order valence-corrected chi connectivity index (χ0v) is 11.2. The Morgan fingerprint density at radius 1 is 1.13 bits per heavy atom. The molecule has 2 aromatic heterocycles. The van der Waals surface area contributed by atoms with Gasteiger partial charge < -0.3 is 15.3 Å². The average Bonchev–Trinajstić information content (AvgIpc) is 2.86. The fraction of sp³-hybridized carbons (Fsp3) is 0.364. The SMILES string of the molecule is C[C@@](O)(c1nnc(-c2ncc(C(F)(F)F)cc2N)o1)C(F)(F)F. The predicted molar refractivity (Wildman–Crippen MR) is 62.6 cm³/mol. The lowest BCUT2D eigenvalue weighted by atomic mass is 10.1. The maximum atomic E-state index is 12.7. The molecule has 0 unspecified atom stereocenters. The Balaban J connectivity index is 2.42. The van der Waals surface area contributed by atoms with Gasteiger partial charge >= 0.3 is 12.4 Å². The number of aromatic nitrogens is 3. The third-order valence-corrected chi connectivity index (χ3v) is 2.84. The molecule has 0 spiro atoms. The molecule has 0 aromatic carbocycles. The number of hydrogen-bond donors (Lipinski definition) is 2. The quantitative estimate of drug-likeness (QED) is 0.814. The van der Waals surface area contributed by atoms with Gasteiger partial charge in [0.25, 0.3) is 11.8 Å². The number of anilines is 1. The number of alkyl halides is 6. The van der Waals surface area contributed by atoms with E-state index in [1.807, 2.05) is 0 Å². The van der Waals surface area contributed by atoms with Gasteiger partial charge in [0.15, 0.2) is 0 Å². The van der Waals surface area contributed by atoms with Gasteiger partial charge in [-0.2, -0.15) is 26.3 Å². The van der Waals surface area contributed by atoms with Gasteiger partial charge in [-0.15, -0.1) is 10.2 Å². The van der Waals surface area contributed by atoms with Crippen LogP contribution in [0.3, 0.4) is 0 Å². The summed E-state index contributed by atoms with van der Waals surface area (Å²) >= 11 is 0. The molecule has 0 saturated carbocycles. The van der Waals surface area contributed by atoms with Gasteiger partial charge in [-0.25, -0.2) is 4.98 Å². The molecule has 0 saturated heterocycles. The van der Waals surface area contributed by atoms with Gasteiger partial charge in [0.2, 0.25) is 5.60 Å². The normalized spacial score (nSPS) is 15.5. The summed E-state index contributed by atoms with van der Waals surface area (Å²) in [6, 6.07) is 0.522. The molecule has 0 bridgehead atoms. The van der Waals surface area contributed by atoms with Crippen LogP contribution in [0, 0.1) is 0 Å². The molecule has 2 rings (SSSR count). The number of halogens is 6. The topological polar surface area (TPSA) is 98.1 Å². The molecule has 12 heteroatoms. The standard InChI is InChI=1S/C11H8F6N4O2/c1-9(22,11(15,16)17)8-21-20-7(23-8)6-5(18)2-4(3-19-6)10(12,13)14/h2-3,22H,18H2,1H3/t9-/m1/s1. The highest BCUT2D eigenvalue weighted by molar-refractivity contribution is 5.66. The molecule has 0 aliphatic carbocycles. The van der Waals surface area contributed by atoms with Gasteiger partial charge in [0.1, 0.15) is 5.69 Å². The first kappa shape index (κ1) is 17.0. The van der Waals surface area contributed by atoms with Crippen LogP contribution in [0.1, 0.15) is 18.4 Å². The molecule has 0 fully saturated rings. The zero-order chi connectivity index (χ0) is 17.6. The number of nitrogen functional groups attached to an aromatic ring is 1. The van der Waals surface area contributed by atoms with Crippen LogP contribution < -0.4 is 5.73 Å². The van der Waals surface area contributed by atoms with Crippen LogP contribution in [0.5, 0.6) is 0 Å². The minimum absolute atomic E-state index is 0.383. The van der Waals surface area contributed by atoms with E-state index in [0.717, 1.165) is 0 Å². The third-order valence-electron chi connectivity index (χ3n) is 2.84. The highest BCUT2D eigenvalue weighted by Crippen LogP contribution is 2.39. The smallest absolute Gasteiger partial charge is 0.416 e. The Morgan fingerprint density at radius 3 is 2.22 bits per heavy atom. The summed E-state index contributed by atoms with van der Waals surface area (Å²) in [6.45, 7) is 0.383. The van der Waals surface area contributed by atoms with E-state index in [0.29, 0.717) is 19.2 Å². The van der Waals surface area contributed by atoms with E-state index >= 15 is 0 Å². The second kappa shape index (κ2) is 5.08. The van der Waals surface area contributed by atoms with Crippen molar-refractivity contribution in [3.63, 3.8) is 0 Å². The number of hydrogen-bond acceptors (Lipinski definition) is 6. The van der Waals surface area contributed by atoms with Crippen molar-refractivity contribution in [2.75, 3.05) is 5.73 Å². The minimum Gasteiger partial charge on any atom is -0.416 e. The Bertz CT molecular complexity index is 722. The van der Waals surface area contributed by atoms with Gasteiger partial charge in [-0.1, -0.05) is 0 Å². The first-order valence-electron chi connectivity index (χ1n) is 5.80. The molecule has 1 atom stereocenters. The highest BCUT2D eigenvalue weighted by Gasteiger charge is 2.55. The lowest BCUT2D eigenvalue weighted by Crippen LogP contribution is -2.39. The van der Waals surface area contributed by atoms with E-state index in [9.17, 15) is 31.4 Å². The second-order valence-electron chi connectivity index (χ2n) is 4.64. The Labute approximate surface area is 123 Å². The van der Waals surface area contributed by atoms with Crippen molar-refractivity contribution in [3.05, 3.63) is 23.7 Å². The number of aliphatic hydroxyl groups is 1. The Hall–Kier alpha value is -2.37. The van der Waals surface area contributed by atoms with Crippen molar-refractivity contribution >= 4 is 5.69 Å². The second-order valence-corrected chi connectivity index (χ2v) is 4.64. The van der Waals surface area contributed by atoms with E-state index < -0.39 is 46.7 Å². The lowest BCUT2D eigenvalue weighted by Gasteiger charge is -2.21. The van der Waals surface area contributed by atoms with Crippen molar-refractivity contribution in [1.29, 1.82) is 0 Å². The molecular formula is C11H8F6N4O2. The van der Waals surface area contributed by atoms with Crippen molar-refractivity contribution < 1.29 is 35.9 Å². The molecule has 3 N–H and O–H groups in total. The maximum absolute atomic E-state index is 12.7. The molecule has 0 radical (unpaired) electrons. The highest BCUT2D eigenvalue weighted by atomic mass is 19.4. The maximum Gasteiger partial charge on any atom is 0.426 e. The molecule has 0 amide bonds. The first-order chi connectivity index (χ1) is 10.3. The van der Waals surface area contributed by atoms with Gasteiger partial charge in [0, 0.05) is 6.20 Å². The lowest BCUT2D eigenvalue weighted by molar-refractivity contribution is -0.266. The minimum atomic E-state index is -5.10. The number of rotatable bonds is 2. The fourth-order valence-corrected chi connectivity index (χ4v) is 1.45. The summed E-state index contributed by atoms with van der Waals surface area (Å²) in [6.07, 6.45) is -9.38. The van der Waals surface area contributed by atoms with E-state index in [4.69, 9.17) is 5.73 Å². The Morgan fingerprint density at radius 2 is 1.74 bits per heavy atom.